The van der Waals surface area contributed by atoms with Gasteiger partial charge in [-0.2, -0.15) is 0 Å². The average molecular weight is 383 g/mol. The summed E-state index contributed by atoms with van der Waals surface area (Å²) in [6.07, 6.45) is 1.06. The summed E-state index contributed by atoms with van der Waals surface area (Å²) in [6, 6.07) is 13.4. The first-order valence-electron chi connectivity index (χ1n) is 7.58. The van der Waals surface area contributed by atoms with Crippen LogP contribution in [0.2, 0.25) is 0 Å². The Balaban J connectivity index is 1.99. The molecule has 136 valence electrons. The van der Waals surface area contributed by atoms with Crippen LogP contribution in [0.5, 0.6) is 11.6 Å². The Labute approximate surface area is 154 Å². The largest absolute Gasteiger partial charge is 0.476 e. The van der Waals surface area contributed by atoms with Crippen LogP contribution in [0.1, 0.15) is 21.6 Å². The summed E-state index contributed by atoms with van der Waals surface area (Å²) in [6.45, 7) is 0. The maximum Gasteiger partial charge on any atom is 0.362 e. The molecule has 0 amide bonds. The number of ether oxygens (including phenoxy) is 1. The van der Waals surface area contributed by atoms with E-state index >= 15 is 0 Å². The molecule has 27 heavy (non-hydrogen) atoms. The molecule has 2 N–H and O–H groups in total. The van der Waals surface area contributed by atoms with Gasteiger partial charge in [0, 0.05) is 23.4 Å². The monoisotopic (exact) mass is 383 g/mol. The molecule has 0 spiro atoms. The normalized spacial score (nSPS) is 10.7. The number of aromatic amines is 1. The molecule has 0 unspecified atom stereocenters. The van der Waals surface area contributed by atoms with E-state index < -0.39 is 21.5 Å². The molecule has 0 aliphatic carbocycles. The number of hydrogen-bond acceptors (Lipinski definition) is 6. The van der Waals surface area contributed by atoms with Crippen LogP contribution in [0.3, 0.4) is 0 Å². The molecule has 2 aromatic carbocycles. The van der Waals surface area contributed by atoms with Crippen LogP contribution in [-0.4, -0.2) is 41.2 Å². The second kappa shape index (κ2) is 7.31. The summed E-state index contributed by atoms with van der Waals surface area (Å²) in [5, 5.41) is 18.1. The average Bonchev–Trinajstić information content (AvgIpc) is 3.09. The van der Waals surface area contributed by atoms with Crippen molar-refractivity contribution in [2.24, 2.45) is 0 Å². The molecule has 1 aromatic heterocycles. The molecule has 0 radical (unpaired) electrons. The number of nitrogens with zero attached hydrogens (tertiary/aromatic N) is 2. The first kappa shape index (κ1) is 18.2. The highest BCUT2D eigenvalue weighted by Gasteiger charge is 2.19. The quantitative estimate of drug-likeness (QED) is 0.662. The lowest BCUT2D eigenvalue weighted by atomic mass is 10.2. The predicted molar refractivity (Wildman–Crippen MR) is 95.4 cm³/mol. The zero-order valence-corrected chi connectivity index (χ0v) is 14.8. The Bertz CT molecular complexity index is 1160. The number of aromatic nitrogens is 3. The van der Waals surface area contributed by atoms with Gasteiger partial charge in [-0.05, 0) is 24.3 Å². The van der Waals surface area contributed by atoms with E-state index in [0.29, 0.717) is 5.56 Å². The van der Waals surface area contributed by atoms with Gasteiger partial charge < -0.3 is 9.84 Å². The first-order valence-corrected chi connectivity index (χ1v) is 9.47. The highest BCUT2D eigenvalue weighted by Crippen LogP contribution is 2.26. The number of rotatable bonds is 4. The van der Waals surface area contributed by atoms with Crippen LogP contribution >= 0.6 is 0 Å². The minimum absolute atomic E-state index is 0.0345. The number of hydrogen-bond donors (Lipinski definition) is 2. The number of nitrogens with one attached hydrogen (secondary N) is 1. The van der Waals surface area contributed by atoms with Crippen LogP contribution in [-0.2, 0) is 9.84 Å². The summed E-state index contributed by atoms with van der Waals surface area (Å²) in [5.74, 6) is 4.32. The molecule has 3 rings (SSSR count). The van der Waals surface area contributed by atoms with Gasteiger partial charge in [-0.1, -0.05) is 35.3 Å². The molecule has 1 heterocycles. The molecule has 3 aromatic rings. The van der Waals surface area contributed by atoms with Gasteiger partial charge in [-0.25, -0.2) is 18.3 Å². The Hall–Kier alpha value is -3.64. The molecule has 0 atom stereocenters. The molecule has 0 saturated heterocycles. The highest BCUT2D eigenvalue weighted by atomic mass is 32.2. The smallest absolute Gasteiger partial charge is 0.362 e. The maximum absolute atomic E-state index is 12.1. The van der Waals surface area contributed by atoms with E-state index in [0.717, 1.165) is 11.8 Å². The third kappa shape index (κ3) is 4.31. The van der Waals surface area contributed by atoms with Crippen molar-refractivity contribution < 1.29 is 23.1 Å². The number of carbonyl (C=O) groups is 1. The molecular weight excluding hydrogens is 370 g/mol. The second-order valence-electron chi connectivity index (χ2n) is 5.44. The number of carboxylic acid groups (broad SMARTS) is 1. The van der Waals surface area contributed by atoms with Gasteiger partial charge >= 0.3 is 5.97 Å². The second-order valence-corrected chi connectivity index (χ2v) is 7.43. The summed E-state index contributed by atoms with van der Waals surface area (Å²) in [7, 11) is -3.61. The Morgan fingerprint density at radius 1 is 1.15 bits per heavy atom. The van der Waals surface area contributed by atoms with Gasteiger partial charge in [0.25, 0.3) is 5.88 Å². The predicted octanol–water partition coefficient (Wildman–Crippen LogP) is 2.10. The van der Waals surface area contributed by atoms with Crippen molar-refractivity contribution in [3.8, 4) is 23.5 Å². The third-order valence-electron chi connectivity index (χ3n) is 3.41. The number of sulfone groups is 1. The van der Waals surface area contributed by atoms with Crippen LogP contribution in [0, 0.1) is 11.8 Å². The van der Waals surface area contributed by atoms with Crippen molar-refractivity contribution in [1.29, 1.82) is 0 Å². The first-order chi connectivity index (χ1) is 12.8. The van der Waals surface area contributed by atoms with Gasteiger partial charge in [0.05, 0.1) is 4.90 Å². The minimum atomic E-state index is -3.61. The van der Waals surface area contributed by atoms with Crippen molar-refractivity contribution in [2.75, 3.05) is 6.26 Å². The topological polar surface area (TPSA) is 122 Å². The fraction of sp³-hybridized carbons (Fsp3) is 0.0556. The summed E-state index contributed by atoms with van der Waals surface area (Å²) in [4.78, 5) is 11.0. The standard InChI is InChI=1S/C18H13N3O5S/c1-27(24,25)15-11-14(26-17-16(18(22)23)19-21-20-17)10-9-13(15)8-7-12-5-3-2-4-6-12/h2-6,9-11H,1H3,(H,22,23)(H,19,20,21). The molecule has 0 aliphatic rings. The van der Waals surface area contributed by atoms with Gasteiger partial charge in [0.2, 0.25) is 5.69 Å². The van der Waals surface area contributed by atoms with Gasteiger partial charge in [0.1, 0.15) is 5.75 Å². The van der Waals surface area contributed by atoms with E-state index in [-0.39, 0.29) is 16.5 Å². The molecular formula is C18H13N3O5S. The lowest BCUT2D eigenvalue weighted by molar-refractivity contribution is 0.0687. The third-order valence-corrected chi connectivity index (χ3v) is 4.54. The van der Waals surface area contributed by atoms with Crippen molar-refractivity contribution in [3.63, 3.8) is 0 Å². The zero-order valence-electron chi connectivity index (χ0n) is 14.0. The van der Waals surface area contributed by atoms with Gasteiger partial charge in [-0.15, -0.1) is 5.10 Å². The fourth-order valence-corrected chi connectivity index (χ4v) is 3.03. The SMILES string of the molecule is CS(=O)(=O)c1cc(Oc2[nH]nnc2C(=O)O)ccc1C#Cc1ccccc1. The number of aromatic carboxylic acids is 1. The van der Waals surface area contributed by atoms with Crippen molar-refractivity contribution in [2.45, 2.75) is 4.90 Å². The van der Waals surface area contributed by atoms with Crippen LogP contribution in [0.25, 0.3) is 0 Å². The lowest BCUT2D eigenvalue weighted by Crippen LogP contribution is -2.02. The molecule has 9 heteroatoms. The van der Waals surface area contributed by atoms with E-state index in [1.807, 2.05) is 30.3 Å². The van der Waals surface area contributed by atoms with Gasteiger partial charge in [-0.3, -0.25) is 0 Å². The van der Waals surface area contributed by atoms with E-state index in [9.17, 15) is 13.2 Å². The van der Waals surface area contributed by atoms with Gasteiger partial charge in [0.15, 0.2) is 9.84 Å². The molecule has 8 nitrogen and oxygen atoms in total. The van der Waals surface area contributed by atoms with Crippen LogP contribution < -0.4 is 4.74 Å². The van der Waals surface area contributed by atoms with E-state index in [1.165, 1.54) is 18.2 Å². The number of carboxylic acids is 1. The molecule has 0 aliphatic heterocycles. The fourth-order valence-electron chi connectivity index (χ4n) is 2.18. The van der Waals surface area contributed by atoms with Crippen LogP contribution in [0.15, 0.2) is 53.4 Å². The number of benzene rings is 2. The zero-order chi connectivity index (χ0) is 19.4. The van der Waals surface area contributed by atoms with Crippen LogP contribution in [0.4, 0.5) is 0 Å². The van der Waals surface area contributed by atoms with E-state index in [2.05, 4.69) is 27.3 Å². The molecule has 0 fully saturated rings. The Kier molecular flexibility index (Phi) is 4.92. The minimum Gasteiger partial charge on any atom is -0.476 e. The van der Waals surface area contributed by atoms with Crippen molar-refractivity contribution >= 4 is 15.8 Å². The summed E-state index contributed by atoms with van der Waals surface area (Å²) < 4.78 is 29.7. The summed E-state index contributed by atoms with van der Waals surface area (Å²) in [5.41, 5.74) is 0.630. The highest BCUT2D eigenvalue weighted by molar-refractivity contribution is 7.90. The summed E-state index contributed by atoms with van der Waals surface area (Å²) >= 11 is 0. The molecule has 0 bridgehead atoms. The molecule has 0 saturated carbocycles. The Morgan fingerprint density at radius 2 is 1.89 bits per heavy atom. The van der Waals surface area contributed by atoms with Crippen molar-refractivity contribution in [1.82, 2.24) is 15.4 Å². The van der Waals surface area contributed by atoms with E-state index in [4.69, 9.17) is 9.84 Å². The van der Waals surface area contributed by atoms with E-state index in [1.54, 1.807) is 0 Å². The maximum atomic E-state index is 12.1. The lowest BCUT2D eigenvalue weighted by Gasteiger charge is -2.07. The van der Waals surface area contributed by atoms with Crippen molar-refractivity contribution in [3.05, 3.63) is 65.4 Å². The Morgan fingerprint density at radius 3 is 2.56 bits per heavy atom. The number of H-pyrrole nitrogens is 1.